The Morgan fingerprint density at radius 2 is 1.46 bits per heavy atom. The van der Waals surface area contributed by atoms with Crippen molar-refractivity contribution in [3.8, 4) is 0 Å². The Kier molecular flexibility index (Phi) is 5.30. The van der Waals surface area contributed by atoms with Gasteiger partial charge in [-0.25, -0.2) is 0 Å². The van der Waals surface area contributed by atoms with Crippen LogP contribution in [0, 0.1) is 0 Å². The van der Waals surface area contributed by atoms with Crippen molar-refractivity contribution in [3.05, 3.63) is 84.9 Å². The molecule has 1 atom stereocenters. The zero-order chi connectivity index (χ0) is 19.3. The third-order valence-electron chi connectivity index (χ3n) is 4.34. The smallest absolute Gasteiger partial charge is 0.240 e. The Balaban J connectivity index is 1.50. The van der Waals surface area contributed by atoms with Crippen LogP contribution in [0.2, 0.25) is 0 Å². The van der Waals surface area contributed by atoms with Crippen LogP contribution in [-0.4, -0.2) is 17.1 Å². The fraction of sp³-hybridized carbons (Fsp3) is 0.0909. The maximum Gasteiger partial charge on any atom is 0.240 e. The van der Waals surface area contributed by atoms with Crippen LogP contribution in [0.1, 0.15) is 6.42 Å². The van der Waals surface area contributed by atoms with Crippen LogP contribution in [0.25, 0.3) is 0 Å². The van der Waals surface area contributed by atoms with E-state index in [-0.39, 0.29) is 18.2 Å². The molecule has 3 aromatic carbocycles. The van der Waals surface area contributed by atoms with Crippen molar-refractivity contribution in [2.24, 2.45) is 0 Å². The quantitative estimate of drug-likeness (QED) is 0.637. The van der Waals surface area contributed by atoms with Gasteiger partial charge in [-0.3, -0.25) is 20.0 Å². The maximum atomic E-state index is 12.8. The minimum absolute atomic E-state index is 0.0843. The number of hydrazine groups is 1. The van der Waals surface area contributed by atoms with Crippen molar-refractivity contribution >= 4 is 40.6 Å². The lowest BCUT2D eigenvalue weighted by atomic mass is 10.2. The highest BCUT2D eigenvalue weighted by Crippen LogP contribution is 2.36. The fourth-order valence-corrected chi connectivity index (χ4v) is 4.11. The normalized spacial score (nSPS) is 15.3. The van der Waals surface area contributed by atoms with Crippen molar-refractivity contribution in [1.82, 2.24) is 5.43 Å². The number of rotatable bonds is 5. The summed E-state index contributed by atoms with van der Waals surface area (Å²) in [5.41, 5.74) is 5.42. The first kappa shape index (κ1) is 18.1. The van der Waals surface area contributed by atoms with E-state index in [0.29, 0.717) is 0 Å². The molecule has 0 aliphatic carbocycles. The zero-order valence-electron chi connectivity index (χ0n) is 15.0. The van der Waals surface area contributed by atoms with Gasteiger partial charge in [0.15, 0.2) is 0 Å². The monoisotopic (exact) mass is 389 g/mol. The van der Waals surface area contributed by atoms with Crippen LogP contribution in [0.5, 0.6) is 0 Å². The second kappa shape index (κ2) is 8.19. The molecular formula is C22H19N3O2S. The molecule has 0 unspecified atom stereocenters. The van der Waals surface area contributed by atoms with E-state index in [4.69, 9.17) is 0 Å². The average molecular weight is 389 g/mol. The molecule has 0 saturated heterocycles. The van der Waals surface area contributed by atoms with Gasteiger partial charge in [-0.05, 0) is 36.4 Å². The number of carbonyl (C=O) groups is 2. The van der Waals surface area contributed by atoms with E-state index in [0.717, 1.165) is 22.0 Å². The summed E-state index contributed by atoms with van der Waals surface area (Å²) in [4.78, 5) is 26.1. The Morgan fingerprint density at radius 1 is 0.893 bits per heavy atom. The summed E-state index contributed by atoms with van der Waals surface area (Å²) in [5.74, 6) is -0.371. The van der Waals surface area contributed by atoms with Crippen molar-refractivity contribution in [2.75, 3.05) is 10.3 Å². The molecule has 2 amide bonds. The maximum absolute atomic E-state index is 12.8. The second-order valence-electron chi connectivity index (χ2n) is 6.34. The van der Waals surface area contributed by atoms with E-state index < -0.39 is 5.25 Å². The van der Waals surface area contributed by atoms with Gasteiger partial charge < -0.3 is 5.32 Å². The highest BCUT2D eigenvalue weighted by molar-refractivity contribution is 8.01. The first-order valence-corrected chi connectivity index (χ1v) is 9.85. The number of fused-ring (bicyclic) bond motifs is 1. The number of nitrogens with one attached hydrogen (secondary N) is 2. The van der Waals surface area contributed by atoms with Crippen LogP contribution < -0.4 is 15.8 Å². The Bertz CT molecular complexity index is 940. The number of hydrogen-bond acceptors (Lipinski definition) is 4. The highest BCUT2D eigenvalue weighted by Gasteiger charge is 2.29. The molecule has 0 saturated carbocycles. The van der Waals surface area contributed by atoms with Crippen molar-refractivity contribution in [2.45, 2.75) is 16.6 Å². The van der Waals surface area contributed by atoms with Gasteiger partial charge >= 0.3 is 0 Å². The predicted molar refractivity (Wildman–Crippen MR) is 112 cm³/mol. The van der Waals surface area contributed by atoms with E-state index in [1.807, 2.05) is 84.9 Å². The number of nitrogens with zero attached hydrogens (tertiary/aromatic N) is 1. The largest absolute Gasteiger partial charge is 0.324 e. The van der Waals surface area contributed by atoms with Gasteiger partial charge in [0, 0.05) is 11.3 Å². The second-order valence-corrected chi connectivity index (χ2v) is 7.58. The summed E-state index contributed by atoms with van der Waals surface area (Å²) in [7, 11) is 0. The topological polar surface area (TPSA) is 61.4 Å². The fourth-order valence-electron chi connectivity index (χ4n) is 3.00. The summed E-state index contributed by atoms with van der Waals surface area (Å²) in [6.45, 7) is 0. The number of para-hydroxylation sites is 3. The van der Waals surface area contributed by atoms with Gasteiger partial charge in [-0.15, -0.1) is 11.8 Å². The molecule has 4 rings (SSSR count). The molecular weight excluding hydrogens is 370 g/mol. The van der Waals surface area contributed by atoms with E-state index in [1.165, 1.54) is 11.8 Å². The van der Waals surface area contributed by atoms with E-state index in [9.17, 15) is 9.59 Å². The highest BCUT2D eigenvalue weighted by atomic mass is 32.2. The van der Waals surface area contributed by atoms with E-state index in [1.54, 1.807) is 5.01 Å². The molecule has 1 aliphatic heterocycles. The number of carbonyl (C=O) groups excluding carboxylic acids is 2. The molecule has 3 aromatic rings. The summed E-state index contributed by atoms with van der Waals surface area (Å²) < 4.78 is 0. The molecule has 2 N–H and O–H groups in total. The number of benzene rings is 3. The summed E-state index contributed by atoms with van der Waals surface area (Å²) >= 11 is 1.42. The average Bonchev–Trinajstić information content (AvgIpc) is 2.74. The third-order valence-corrected chi connectivity index (χ3v) is 5.62. The van der Waals surface area contributed by atoms with Crippen LogP contribution in [0.3, 0.4) is 0 Å². The lowest BCUT2D eigenvalue weighted by molar-refractivity contribution is -0.124. The summed E-state index contributed by atoms with van der Waals surface area (Å²) in [6.07, 6.45) is 0.0843. The lowest BCUT2D eigenvalue weighted by Crippen LogP contribution is -2.42. The van der Waals surface area contributed by atoms with Crippen molar-refractivity contribution < 1.29 is 9.59 Å². The van der Waals surface area contributed by atoms with E-state index in [2.05, 4.69) is 10.7 Å². The molecule has 0 aromatic heterocycles. The lowest BCUT2D eigenvalue weighted by Gasteiger charge is -2.27. The molecule has 0 bridgehead atoms. The van der Waals surface area contributed by atoms with Gasteiger partial charge in [0.2, 0.25) is 11.8 Å². The van der Waals surface area contributed by atoms with Gasteiger partial charge in [-0.1, -0.05) is 48.5 Å². The molecule has 1 aliphatic rings. The molecule has 0 spiro atoms. The molecule has 5 nitrogen and oxygen atoms in total. The first-order valence-electron chi connectivity index (χ1n) is 8.97. The van der Waals surface area contributed by atoms with Crippen LogP contribution in [0.4, 0.5) is 17.1 Å². The van der Waals surface area contributed by atoms with Gasteiger partial charge in [-0.2, -0.15) is 0 Å². The molecule has 0 fully saturated rings. The molecule has 140 valence electrons. The van der Waals surface area contributed by atoms with Gasteiger partial charge in [0.25, 0.3) is 0 Å². The zero-order valence-corrected chi connectivity index (χ0v) is 15.9. The Morgan fingerprint density at radius 3 is 2.11 bits per heavy atom. The summed E-state index contributed by atoms with van der Waals surface area (Å²) in [5, 5.41) is 4.15. The van der Waals surface area contributed by atoms with E-state index >= 15 is 0 Å². The van der Waals surface area contributed by atoms with Crippen LogP contribution >= 0.6 is 11.8 Å². The number of anilines is 3. The number of amides is 2. The standard InChI is InChI=1S/C22H19N3O2S/c26-21(15-20-22(27)23-18-13-7-8-14-19(18)28-20)24-25(16-9-3-1-4-10-16)17-11-5-2-6-12-17/h1-14,20H,15H2,(H,23,27)(H,24,26)/t20-/m1/s1. The molecule has 28 heavy (non-hydrogen) atoms. The van der Waals surface area contributed by atoms with Gasteiger partial charge in [0.1, 0.15) is 0 Å². The number of thioether (sulfide) groups is 1. The molecule has 0 radical (unpaired) electrons. The SMILES string of the molecule is O=C(C[C@H]1Sc2ccccc2NC1=O)NN(c1ccccc1)c1ccccc1. The first-order chi connectivity index (χ1) is 13.7. The summed E-state index contributed by atoms with van der Waals surface area (Å²) in [6, 6.07) is 26.8. The third kappa shape index (κ3) is 4.02. The Labute approximate surface area is 167 Å². The molecule has 6 heteroatoms. The number of hydrogen-bond donors (Lipinski definition) is 2. The van der Waals surface area contributed by atoms with Crippen molar-refractivity contribution in [1.29, 1.82) is 0 Å². The minimum atomic E-state index is -0.469. The van der Waals surface area contributed by atoms with Crippen LogP contribution in [-0.2, 0) is 9.59 Å². The van der Waals surface area contributed by atoms with Crippen LogP contribution in [0.15, 0.2) is 89.8 Å². The van der Waals surface area contributed by atoms with Crippen molar-refractivity contribution in [3.63, 3.8) is 0 Å². The predicted octanol–water partition coefficient (Wildman–Crippen LogP) is 4.36. The molecule has 1 heterocycles. The minimum Gasteiger partial charge on any atom is -0.324 e. The Hall–Kier alpha value is -3.25. The van der Waals surface area contributed by atoms with Gasteiger partial charge in [0.05, 0.1) is 22.3 Å².